The van der Waals surface area contributed by atoms with Crippen molar-refractivity contribution in [1.82, 2.24) is 10.2 Å². The van der Waals surface area contributed by atoms with Gasteiger partial charge in [-0.1, -0.05) is 25.1 Å². The van der Waals surface area contributed by atoms with Crippen LogP contribution in [0.1, 0.15) is 26.2 Å². The summed E-state index contributed by atoms with van der Waals surface area (Å²) in [6.07, 6.45) is 3.19. The van der Waals surface area contributed by atoms with Crippen molar-refractivity contribution >= 4 is 22.9 Å². The highest BCUT2D eigenvalue weighted by molar-refractivity contribution is 8.14. The fourth-order valence-electron chi connectivity index (χ4n) is 2.74. The Labute approximate surface area is 112 Å². The smallest absolute Gasteiger partial charge is 0.279 e. The lowest BCUT2D eigenvalue weighted by Gasteiger charge is -2.39. The number of carbonyl (C=O) groups excluding carboxylic acids is 2. The van der Waals surface area contributed by atoms with E-state index < -0.39 is 0 Å². The number of amides is 2. The van der Waals surface area contributed by atoms with Crippen LogP contribution in [0.25, 0.3) is 0 Å². The highest BCUT2D eigenvalue weighted by Crippen LogP contribution is 2.26. The molecule has 2 amide bonds. The molecule has 0 aromatic rings. The Balaban J connectivity index is 1.98. The number of piperidine rings is 1. The standard InChI is InChI=1S/C12H21N3O2S/c1-2-8-3-4-15(9(5-8)6-13)11(16)10-7-18-12(17)14-10/h8-10H,2-7,13H2,1H3,(H,14,17). The van der Waals surface area contributed by atoms with Crippen molar-refractivity contribution in [3.8, 4) is 0 Å². The summed E-state index contributed by atoms with van der Waals surface area (Å²) in [5, 5.41) is 2.62. The molecule has 0 radical (unpaired) electrons. The molecule has 2 aliphatic rings. The fraction of sp³-hybridized carbons (Fsp3) is 0.833. The first-order valence-electron chi connectivity index (χ1n) is 6.59. The number of nitrogens with one attached hydrogen (secondary N) is 1. The molecule has 3 N–H and O–H groups in total. The summed E-state index contributed by atoms with van der Waals surface area (Å²) < 4.78 is 0. The van der Waals surface area contributed by atoms with E-state index in [-0.39, 0.29) is 23.2 Å². The van der Waals surface area contributed by atoms with Gasteiger partial charge in [0, 0.05) is 24.9 Å². The molecule has 0 aromatic heterocycles. The molecule has 3 atom stereocenters. The number of hydrogen-bond donors (Lipinski definition) is 2. The molecule has 0 aromatic carbocycles. The Morgan fingerprint density at radius 3 is 2.94 bits per heavy atom. The van der Waals surface area contributed by atoms with Crippen LogP contribution >= 0.6 is 11.8 Å². The molecule has 0 bridgehead atoms. The van der Waals surface area contributed by atoms with Crippen LogP contribution < -0.4 is 11.1 Å². The monoisotopic (exact) mass is 271 g/mol. The molecule has 5 nitrogen and oxygen atoms in total. The lowest BCUT2D eigenvalue weighted by atomic mass is 9.88. The van der Waals surface area contributed by atoms with Gasteiger partial charge in [-0.05, 0) is 18.8 Å². The van der Waals surface area contributed by atoms with Gasteiger partial charge >= 0.3 is 0 Å². The third-order valence-corrected chi connectivity index (χ3v) is 4.81. The van der Waals surface area contributed by atoms with Gasteiger partial charge in [0.2, 0.25) is 5.91 Å². The van der Waals surface area contributed by atoms with Crippen LogP contribution in [0.15, 0.2) is 0 Å². The van der Waals surface area contributed by atoms with E-state index in [1.807, 2.05) is 4.90 Å². The molecule has 2 saturated heterocycles. The second kappa shape index (κ2) is 5.93. The van der Waals surface area contributed by atoms with Gasteiger partial charge in [-0.15, -0.1) is 0 Å². The van der Waals surface area contributed by atoms with Gasteiger partial charge in [-0.3, -0.25) is 9.59 Å². The molecule has 0 aliphatic carbocycles. The average Bonchev–Trinajstić information content (AvgIpc) is 2.83. The van der Waals surface area contributed by atoms with Gasteiger partial charge in [-0.2, -0.15) is 0 Å². The van der Waals surface area contributed by atoms with Crippen molar-refractivity contribution in [3.63, 3.8) is 0 Å². The van der Waals surface area contributed by atoms with E-state index in [1.165, 1.54) is 11.8 Å². The first kappa shape index (κ1) is 13.7. The topological polar surface area (TPSA) is 75.4 Å². The van der Waals surface area contributed by atoms with Crippen molar-refractivity contribution in [2.75, 3.05) is 18.8 Å². The fourth-order valence-corrected chi connectivity index (χ4v) is 3.51. The summed E-state index contributed by atoms with van der Waals surface area (Å²) >= 11 is 1.18. The minimum Gasteiger partial charge on any atom is -0.337 e. The molecule has 3 unspecified atom stereocenters. The Morgan fingerprint density at radius 1 is 1.61 bits per heavy atom. The van der Waals surface area contributed by atoms with Crippen LogP contribution in [0.5, 0.6) is 0 Å². The Kier molecular flexibility index (Phi) is 4.50. The number of likely N-dealkylation sites (tertiary alicyclic amines) is 1. The van der Waals surface area contributed by atoms with Crippen LogP contribution in [0.4, 0.5) is 4.79 Å². The minimum absolute atomic E-state index is 0.0401. The highest BCUT2D eigenvalue weighted by Gasteiger charge is 2.36. The van der Waals surface area contributed by atoms with E-state index in [4.69, 9.17) is 5.73 Å². The van der Waals surface area contributed by atoms with Gasteiger partial charge in [0.1, 0.15) is 6.04 Å². The average molecular weight is 271 g/mol. The van der Waals surface area contributed by atoms with Gasteiger partial charge < -0.3 is 16.0 Å². The molecule has 18 heavy (non-hydrogen) atoms. The molecule has 2 fully saturated rings. The highest BCUT2D eigenvalue weighted by atomic mass is 32.2. The number of hydrogen-bond acceptors (Lipinski definition) is 4. The number of nitrogens with zero attached hydrogens (tertiary/aromatic N) is 1. The second-order valence-electron chi connectivity index (χ2n) is 5.02. The third-order valence-electron chi connectivity index (χ3n) is 3.93. The van der Waals surface area contributed by atoms with Gasteiger partial charge in [-0.25, -0.2) is 0 Å². The maximum absolute atomic E-state index is 12.4. The number of rotatable bonds is 3. The Hall–Kier alpha value is -0.750. The summed E-state index contributed by atoms with van der Waals surface area (Å²) in [6.45, 7) is 3.47. The van der Waals surface area contributed by atoms with Gasteiger partial charge in [0.15, 0.2) is 0 Å². The van der Waals surface area contributed by atoms with E-state index in [1.54, 1.807) is 0 Å². The first-order chi connectivity index (χ1) is 8.65. The van der Waals surface area contributed by atoms with Crippen LogP contribution in [0, 0.1) is 5.92 Å². The first-order valence-corrected chi connectivity index (χ1v) is 7.58. The number of thioether (sulfide) groups is 1. The normalized spacial score (nSPS) is 32.4. The molecule has 0 saturated carbocycles. The Bertz CT molecular complexity index is 337. The Morgan fingerprint density at radius 2 is 2.39 bits per heavy atom. The van der Waals surface area contributed by atoms with Crippen LogP contribution in [0.3, 0.4) is 0 Å². The molecule has 2 aliphatic heterocycles. The van der Waals surface area contributed by atoms with Crippen LogP contribution in [-0.2, 0) is 4.79 Å². The maximum atomic E-state index is 12.4. The van der Waals surface area contributed by atoms with Crippen molar-refractivity contribution in [2.45, 2.75) is 38.3 Å². The van der Waals surface area contributed by atoms with Crippen LogP contribution in [0.2, 0.25) is 0 Å². The van der Waals surface area contributed by atoms with Gasteiger partial charge in [0.25, 0.3) is 5.24 Å². The zero-order valence-corrected chi connectivity index (χ0v) is 11.5. The van der Waals surface area contributed by atoms with Crippen molar-refractivity contribution in [3.05, 3.63) is 0 Å². The quantitative estimate of drug-likeness (QED) is 0.795. The van der Waals surface area contributed by atoms with E-state index in [9.17, 15) is 9.59 Å². The summed E-state index contributed by atoms with van der Waals surface area (Å²) in [5.74, 6) is 1.26. The zero-order chi connectivity index (χ0) is 13.1. The van der Waals surface area contributed by atoms with Crippen molar-refractivity contribution in [1.29, 1.82) is 0 Å². The SMILES string of the molecule is CCC1CCN(C(=O)C2CSC(=O)N2)C(CN)C1. The van der Waals surface area contributed by atoms with Crippen molar-refractivity contribution in [2.24, 2.45) is 11.7 Å². The molecule has 102 valence electrons. The third kappa shape index (κ3) is 2.80. The second-order valence-corrected chi connectivity index (χ2v) is 6.01. The summed E-state index contributed by atoms with van der Waals surface area (Å²) in [5.41, 5.74) is 5.79. The summed E-state index contributed by atoms with van der Waals surface area (Å²) in [4.78, 5) is 25.4. The van der Waals surface area contributed by atoms with E-state index in [2.05, 4.69) is 12.2 Å². The number of carbonyl (C=O) groups is 2. The maximum Gasteiger partial charge on any atom is 0.279 e. The number of nitrogens with two attached hydrogens (primary N) is 1. The van der Waals surface area contributed by atoms with E-state index >= 15 is 0 Å². The molecular weight excluding hydrogens is 250 g/mol. The predicted octanol–water partition coefficient (Wildman–Crippen LogP) is 0.787. The molecule has 6 heteroatoms. The summed E-state index contributed by atoms with van der Waals surface area (Å²) in [7, 11) is 0. The molecule has 2 rings (SSSR count). The predicted molar refractivity (Wildman–Crippen MR) is 72.3 cm³/mol. The van der Waals surface area contributed by atoms with Crippen LogP contribution in [-0.4, -0.2) is 47.0 Å². The molecular formula is C12H21N3O2S. The largest absolute Gasteiger partial charge is 0.337 e. The minimum atomic E-state index is -0.352. The molecule has 2 heterocycles. The van der Waals surface area contributed by atoms with Crippen molar-refractivity contribution < 1.29 is 9.59 Å². The molecule has 0 spiro atoms. The van der Waals surface area contributed by atoms with E-state index in [0.717, 1.165) is 25.8 Å². The summed E-state index contributed by atoms with van der Waals surface area (Å²) in [6, 6.07) is -0.214. The lowest BCUT2D eigenvalue weighted by Crippen LogP contribution is -2.55. The zero-order valence-electron chi connectivity index (χ0n) is 10.7. The lowest BCUT2D eigenvalue weighted by molar-refractivity contribution is -0.136. The van der Waals surface area contributed by atoms with E-state index in [0.29, 0.717) is 18.2 Å². The van der Waals surface area contributed by atoms with Gasteiger partial charge in [0.05, 0.1) is 0 Å².